The predicted molar refractivity (Wildman–Crippen MR) is 99.0 cm³/mol. The fourth-order valence-electron chi connectivity index (χ4n) is 3.02. The molecule has 0 N–H and O–H groups in total. The average Bonchev–Trinajstić information content (AvgIpc) is 2.68. The molecule has 0 aliphatic carbocycles. The molecule has 1 unspecified atom stereocenters. The van der Waals surface area contributed by atoms with Gasteiger partial charge in [-0.1, -0.05) is 6.07 Å². The minimum absolute atomic E-state index is 0.0964. The maximum atomic E-state index is 12.8. The zero-order valence-electron chi connectivity index (χ0n) is 15.2. The molecule has 27 heavy (non-hydrogen) atoms. The number of amides is 1. The number of carbonyl (C=O) groups is 1. The second kappa shape index (κ2) is 7.98. The van der Waals surface area contributed by atoms with Crippen LogP contribution < -0.4 is 9.64 Å². The smallest absolute Gasteiger partial charge is 0.270 e. The molecule has 142 valence electrons. The lowest BCUT2D eigenvalue weighted by molar-refractivity contribution is -0.384. The molecule has 1 aromatic heterocycles. The van der Waals surface area contributed by atoms with Crippen LogP contribution in [0.25, 0.3) is 0 Å². The average molecular weight is 371 g/mol. The lowest BCUT2D eigenvalue weighted by Crippen LogP contribution is -2.44. The van der Waals surface area contributed by atoms with Gasteiger partial charge in [0.25, 0.3) is 17.5 Å². The second-order valence-corrected chi connectivity index (χ2v) is 6.52. The van der Waals surface area contributed by atoms with Crippen LogP contribution in [0.15, 0.2) is 36.7 Å². The molecule has 1 aliphatic heterocycles. The molecule has 0 radical (unpaired) electrons. The fraction of sp³-hybridized carbons (Fsp3) is 0.389. The number of non-ortho nitro benzene ring substituents is 1. The van der Waals surface area contributed by atoms with Crippen LogP contribution in [-0.2, 0) is 0 Å². The van der Waals surface area contributed by atoms with Crippen molar-refractivity contribution in [3.63, 3.8) is 0 Å². The first kappa shape index (κ1) is 18.6. The molecule has 2 aromatic rings. The van der Waals surface area contributed by atoms with E-state index in [0.717, 1.165) is 12.8 Å². The number of carbonyl (C=O) groups excluding carboxylic acids is 1. The third-order valence-corrected chi connectivity index (χ3v) is 4.32. The number of nitro groups is 1. The van der Waals surface area contributed by atoms with Crippen molar-refractivity contribution in [1.29, 1.82) is 0 Å². The minimum atomic E-state index is -0.504. The number of aromatic nitrogens is 2. The molecule has 9 heteroatoms. The van der Waals surface area contributed by atoms with Gasteiger partial charge < -0.3 is 14.5 Å². The first-order valence-electron chi connectivity index (χ1n) is 8.64. The van der Waals surface area contributed by atoms with Gasteiger partial charge in [-0.25, -0.2) is 9.97 Å². The summed E-state index contributed by atoms with van der Waals surface area (Å²) in [6.45, 7) is 0.980. The zero-order chi connectivity index (χ0) is 19.4. The molecule has 1 aromatic carbocycles. The van der Waals surface area contributed by atoms with Crippen LogP contribution in [0.5, 0.6) is 5.88 Å². The normalized spacial score (nSPS) is 16.7. The number of anilines is 1. The minimum Gasteiger partial charge on any atom is -0.470 e. The Balaban J connectivity index is 1.72. The Morgan fingerprint density at radius 3 is 2.85 bits per heavy atom. The molecule has 0 saturated carbocycles. The summed E-state index contributed by atoms with van der Waals surface area (Å²) >= 11 is 0. The predicted octanol–water partition coefficient (Wildman–Crippen LogP) is 2.13. The SMILES string of the molecule is CN(C)c1nccnc1OC1CCCN(C(=O)c2cccc([N+](=O)[O-])c2)C1. The first-order chi connectivity index (χ1) is 13.0. The highest BCUT2D eigenvalue weighted by atomic mass is 16.6. The monoisotopic (exact) mass is 371 g/mol. The van der Waals surface area contributed by atoms with Gasteiger partial charge in [0.1, 0.15) is 6.10 Å². The van der Waals surface area contributed by atoms with Gasteiger partial charge in [-0.3, -0.25) is 14.9 Å². The Hall–Kier alpha value is -3.23. The molecule has 0 bridgehead atoms. The number of hydrogen-bond acceptors (Lipinski definition) is 7. The number of rotatable bonds is 5. The van der Waals surface area contributed by atoms with Crippen molar-refractivity contribution < 1.29 is 14.5 Å². The van der Waals surface area contributed by atoms with Gasteiger partial charge >= 0.3 is 0 Å². The summed E-state index contributed by atoms with van der Waals surface area (Å²) in [5.41, 5.74) is 0.208. The standard InChI is InChI=1S/C18H21N5O4/c1-21(2)16-17(20-9-8-19-16)27-15-7-4-10-22(12-15)18(24)13-5-3-6-14(11-13)23(25)26/h3,5-6,8-9,11,15H,4,7,10,12H2,1-2H3. The lowest BCUT2D eigenvalue weighted by atomic mass is 10.1. The van der Waals surface area contributed by atoms with Gasteiger partial charge in [-0.05, 0) is 18.9 Å². The molecule has 3 rings (SSSR count). The van der Waals surface area contributed by atoms with E-state index in [1.54, 1.807) is 23.4 Å². The summed E-state index contributed by atoms with van der Waals surface area (Å²) < 4.78 is 6.01. The first-order valence-corrected chi connectivity index (χ1v) is 8.64. The van der Waals surface area contributed by atoms with E-state index in [1.165, 1.54) is 18.2 Å². The van der Waals surface area contributed by atoms with E-state index in [0.29, 0.717) is 30.4 Å². The zero-order valence-corrected chi connectivity index (χ0v) is 15.2. The maximum absolute atomic E-state index is 12.8. The summed E-state index contributed by atoms with van der Waals surface area (Å²) in [5, 5.41) is 10.9. The van der Waals surface area contributed by atoms with Crippen molar-refractivity contribution in [1.82, 2.24) is 14.9 Å². The number of nitro benzene ring substituents is 1. The van der Waals surface area contributed by atoms with Crippen LogP contribution in [0, 0.1) is 10.1 Å². The molecule has 1 fully saturated rings. The van der Waals surface area contributed by atoms with Crippen LogP contribution in [-0.4, -0.2) is 59.0 Å². The molecular formula is C18H21N5O4. The Morgan fingerprint density at radius 2 is 2.11 bits per heavy atom. The highest BCUT2D eigenvalue weighted by Gasteiger charge is 2.27. The largest absolute Gasteiger partial charge is 0.470 e. The lowest BCUT2D eigenvalue weighted by Gasteiger charge is -2.33. The highest BCUT2D eigenvalue weighted by molar-refractivity contribution is 5.94. The van der Waals surface area contributed by atoms with Crippen molar-refractivity contribution in [2.24, 2.45) is 0 Å². The summed E-state index contributed by atoms with van der Waals surface area (Å²) in [4.78, 5) is 35.2. The number of hydrogen-bond donors (Lipinski definition) is 0. The molecule has 1 saturated heterocycles. The van der Waals surface area contributed by atoms with E-state index < -0.39 is 4.92 Å². The van der Waals surface area contributed by atoms with Crippen molar-refractivity contribution in [2.75, 3.05) is 32.1 Å². The molecule has 9 nitrogen and oxygen atoms in total. The number of nitrogens with zero attached hydrogens (tertiary/aromatic N) is 5. The summed E-state index contributed by atoms with van der Waals surface area (Å²) in [6.07, 6.45) is 4.53. The maximum Gasteiger partial charge on any atom is 0.270 e. The van der Waals surface area contributed by atoms with Crippen LogP contribution in [0.2, 0.25) is 0 Å². The Bertz CT molecular complexity index is 842. The molecule has 1 aliphatic rings. The number of likely N-dealkylation sites (tertiary alicyclic amines) is 1. The number of ether oxygens (including phenoxy) is 1. The van der Waals surface area contributed by atoms with Gasteiger partial charge in [-0.15, -0.1) is 0 Å². The summed E-state index contributed by atoms with van der Waals surface area (Å²) in [6, 6.07) is 5.79. The second-order valence-electron chi connectivity index (χ2n) is 6.52. The Kier molecular flexibility index (Phi) is 5.49. The molecule has 1 atom stereocenters. The number of piperidine rings is 1. The van der Waals surface area contributed by atoms with E-state index in [9.17, 15) is 14.9 Å². The Labute approximate surface area is 156 Å². The van der Waals surface area contributed by atoms with Crippen LogP contribution in [0.3, 0.4) is 0 Å². The van der Waals surface area contributed by atoms with Crippen LogP contribution in [0.4, 0.5) is 11.5 Å². The van der Waals surface area contributed by atoms with Gasteiger partial charge in [0.15, 0.2) is 5.82 Å². The summed E-state index contributed by atoms with van der Waals surface area (Å²) in [5.74, 6) is 0.816. The quantitative estimate of drug-likeness (QED) is 0.586. The molecule has 1 amide bonds. The number of benzene rings is 1. The molecule has 0 spiro atoms. The topological polar surface area (TPSA) is 102 Å². The van der Waals surface area contributed by atoms with Gasteiger partial charge in [0.05, 0.1) is 11.5 Å². The van der Waals surface area contributed by atoms with E-state index in [2.05, 4.69) is 9.97 Å². The van der Waals surface area contributed by atoms with Gasteiger partial charge in [0, 0.05) is 50.7 Å². The van der Waals surface area contributed by atoms with E-state index >= 15 is 0 Å². The van der Waals surface area contributed by atoms with Crippen molar-refractivity contribution in [3.05, 3.63) is 52.3 Å². The van der Waals surface area contributed by atoms with Crippen molar-refractivity contribution in [3.8, 4) is 5.88 Å². The summed E-state index contributed by atoms with van der Waals surface area (Å²) in [7, 11) is 3.71. The highest BCUT2D eigenvalue weighted by Crippen LogP contribution is 2.25. The van der Waals surface area contributed by atoms with Gasteiger partial charge in [0.2, 0.25) is 0 Å². The van der Waals surface area contributed by atoms with E-state index in [-0.39, 0.29) is 17.7 Å². The Morgan fingerprint density at radius 1 is 1.33 bits per heavy atom. The third-order valence-electron chi connectivity index (χ3n) is 4.32. The van der Waals surface area contributed by atoms with Crippen LogP contribution in [0.1, 0.15) is 23.2 Å². The van der Waals surface area contributed by atoms with Crippen LogP contribution >= 0.6 is 0 Å². The van der Waals surface area contributed by atoms with Crippen molar-refractivity contribution in [2.45, 2.75) is 18.9 Å². The van der Waals surface area contributed by atoms with Crippen molar-refractivity contribution >= 4 is 17.4 Å². The van der Waals surface area contributed by atoms with Gasteiger partial charge in [-0.2, -0.15) is 0 Å². The fourth-order valence-corrected chi connectivity index (χ4v) is 3.02. The van der Waals surface area contributed by atoms with E-state index in [4.69, 9.17) is 4.74 Å². The third kappa shape index (κ3) is 4.30. The molecular weight excluding hydrogens is 350 g/mol. The molecule has 2 heterocycles. The van der Waals surface area contributed by atoms with E-state index in [1.807, 2.05) is 19.0 Å².